The van der Waals surface area contributed by atoms with Crippen molar-refractivity contribution in [2.24, 2.45) is 0 Å². The van der Waals surface area contributed by atoms with Crippen molar-refractivity contribution < 1.29 is 9.18 Å². The lowest BCUT2D eigenvalue weighted by Gasteiger charge is -2.18. The molecule has 3 nitrogen and oxygen atoms in total. The summed E-state index contributed by atoms with van der Waals surface area (Å²) in [5.74, 6) is -0.329. The molecule has 23 heavy (non-hydrogen) atoms. The molecule has 0 aliphatic rings. The van der Waals surface area contributed by atoms with Gasteiger partial charge < -0.3 is 5.32 Å². The third-order valence-electron chi connectivity index (χ3n) is 3.70. The van der Waals surface area contributed by atoms with E-state index in [4.69, 9.17) is 0 Å². The summed E-state index contributed by atoms with van der Waals surface area (Å²) in [6.07, 6.45) is 0. The number of carbonyl (C=O) groups is 1. The van der Waals surface area contributed by atoms with Gasteiger partial charge in [-0.15, -0.1) is 0 Å². The van der Waals surface area contributed by atoms with E-state index in [1.54, 1.807) is 6.07 Å². The number of anilines is 1. The van der Waals surface area contributed by atoms with E-state index in [0.717, 1.165) is 22.4 Å². The Morgan fingerprint density at radius 3 is 2.39 bits per heavy atom. The van der Waals surface area contributed by atoms with Crippen molar-refractivity contribution in [3.05, 3.63) is 64.5 Å². The molecule has 0 saturated carbocycles. The predicted octanol–water partition coefficient (Wildman–Crippen LogP) is 3.82. The topological polar surface area (TPSA) is 32.3 Å². The molecule has 1 amide bonds. The monoisotopic (exact) mass is 314 g/mol. The molecule has 0 spiro atoms. The van der Waals surface area contributed by atoms with Gasteiger partial charge in [-0.05, 0) is 56.6 Å². The molecule has 2 aromatic carbocycles. The van der Waals surface area contributed by atoms with E-state index < -0.39 is 0 Å². The highest BCUT2D eigenvalue weighted by Crippen LogP contribution is 2.21. The van der Waals surface area contributed by atoms with Crippen LogP contribution in [0.5, 0.6) is 0 Å². The van der Waals surface area contributed by atoms with Gasteiger partial charge in [0.1, 0.15) is 5.82 Å². The van der Waals surface area contributed by atoms with E-state index in [-0.39, 0.29) is 18.3 Å². The van der Waals surface area contributed by atoms with E-state index in [2.05, 4.69) is 17.4 Å². The molecule has 0 heterocycles. The molecule has 0 aromatic heterocycles. The Balaban J connectivity index is 1.97. The van der Waals surface area contributed by atoms with Crippen molar-refractivity contribution in [2.75, 3.05) is 18.9 Å². The average Bonchev–Trinajstić information content (AvgIpc) is 2.42. The van der Waals surface area contributed by atoms with Gasteiger partial charge in [-0.25, -0.2) is 4.39 Å². The fraction of sp³-hybridized carbons (Fsp3) is 0.316. The summed E-state index contributed by atoms with van der Waals surface area (Å²) < 4.78 is 13.2. The summed E-state index contributed by atoms with van der Waals surface area (Å²) in [5, 5.41) is 2.98. The number of nitrogens with one attached hydrogen (secondary N) is 1. The van der Waals surface area contributed by atoms with Crippen molar-refractivity contribution in [1.29, 1.82) is 0 Å². The standard InChI is InChI=1S/C19H23FN2O/c1-13-8-14(2)19(15(3)9-13)21-18(23)12-22(4)11-16-6-5-7-17(20)10-16/h5-10H,11-12H2,1-4H3,(H,21,23). The molecule has 122 valence electrons. The number of rotatable bonds is 5. The lowest BCUT2D eigenvalue weighted by molar-refractivity contribution is -0.117. The quantitative estimate of drug-likeness (QED) is 0.910. The first kappa shape index (κ1) is 17.2. The molecular formula is C19H23FN2O. The Bertz CT molecular complexity index is 689. The zero-order valence-electron chi connectivity index (χ0n) is 14.1. The lowest BCUT2D eigenvalue weighted by Crippen LogP contribution is -2.30. The van der Waals surface area contributed by atoms with Crippen LogP contribution in [-0.2, 0) is 11.3 Å². The molecule has 0 unspecified atom stereocenters. The number of halogens is 1. The SMILES string of the molecule is Cc1cc(C)c(NC(=O)CN(C)Cc2cccc(F)c2)c(C)c1. The van der Waals surface area contributed by atoms with Gasteiger partial charge >= 0.3 is 0 Å². The van der Waals surface area contributed by atoms with Crippen LogP contribution in [0.25, 0.3) is 0 Å². The third-order valence-corrected chi connectivity index (χ3v) is 3.70. The Hall–Kier alpha value is -2.20. The van der Waals surface area contributed by atoms with Crippen LogP contribution in [0.1, 0.15) is 22.3 Å². The van der Waals surface area contributed by atoms with Gasteiger partial charge in [-0.3, -0.25) is 9.69 Å². The van der Waals surface area contributed by atoms with Crippen molar-refractivity contribution >= 4 is 11.6 Å². The van der Waals surface area contributed by atoms with Gasteiger partial charge in [-0.1, -0.05) is 29.8 Å². The third kappa shape index (κ3) is 4.89. The molecule has 0 fully saturated rings. The van der Waals surface area contributed by atoms with E-state index in [0.29, 0.717) is 6.54 Å². The Morgan fingerprint density at radius 2 is 1.78 bits per heavy atom. The van der Waals surface area contributed by atoms with Crippen molar-refractivity contribution in [2.45, 2.75) is 27.3 Å². The maximum Gasteiger partial charge on any atom is 0.238 e. The molecule has 2 rings (SSSR count). The number of amides is 1. The fourth-order valence-electron chi connectivity index (χ4n) is 2.80. The number of benzene rings is 2. The van der Waals surface area contributed by atoms with Gasteiger partial charge in [0.25, 0.3) is 0 Å². The minimum Gasteiger partial charge on any atom is -0.324 e. The number of aryl methyl sites for hydroxylation is 3. The second kappa shape index (κ2) is 7.38. The number of likely N-dealkylation sites (N-methyl/N-ethyl adjacent to an activating group) is 1. The molecule has 0 saturated heterocycles. The largest absolute Gasteiger partial charge is 0.324 e. The predicted molar refractivity (Wildman–Crippen MR) is 92.0 cm³/mol. The first-order chi connectivity index (χ1) is 10.8. The minimum absolute atomic E-state index is 0.0704. The van der Waals surface area contributed by atoms with Crippen LogP contribution in [0.3, 0.4) is 0 Å². The van der Waals surface area contributed by atoms with E-state index in [1.807, 2.05) is 38.8 Å². The lowest BCUT2D eigenvalue weighted by atomic mass is 10.1. The molecule has 1 N–H and O–H groups in total. The van der Waals surface area contributed by atoms with Crippen LogP contribution < -0.4 is 5.32 Å². The van der Waals surface area contributed by atoms with Crippen molar-refractivity contribution in [1.82, 2.24) is 4.90 Å². The van der Waals surface area contributed by atoms with Crippen molar-refractivity contribution in [3.8, 4) is 0 Å². The smallest absolute Gasteiger partial charge is 0.238 e. The summed E-state index contributed by atoms with van der Waals surface area (Å²) in [5.41, 5.74) is 5.02. The van der Waals surface area contributed by atoms with Gasteiger partial charge in [0, 0.05) is 12.2 Å². The maximum atomic E-state index is 13.2. The first-order valence-corrected chi connectivity index (χ1v) is 7.66. The Morgan fingerprint density at radius 1 is 1.13 bits per heavy atom. The number of carbonyl (C=O) groups excluding carboxylic acids is 1. The van der Waals surface area contributed by atoms with Crippen LogP contribution in [0.4, 0.5) is 10.1 Å². The average molecular weight is 314 g/mol. The minimum atomic E-state index is -0.258. The zero-order valence-corrected chi connectivity index (χ0v) is 14.1. The van der Waals surface area contributed by atoms with Gasteiger partial charge in [0.05, 0.1) is 6.54 Å². The van der Waals surface area contributed by atoms with Crippen LogP contribution in [0, 0.1) is 26.6 Å². The summed E-state index contributed by atoms with van der Waals surface area (Å²) in [7, 11) is 1.85. The van der Waals surface area contributed by atoms with E-state index >= 15 is 0 Å². The van der Waals surface area contributed by atoms with Gasteiger partial charge in [-0.2, -0.15) is 0 Å². The zero-order chi connectivity index (χ0) is 17.0. The van der Waals surface area contributed by atoms with Gasteiger partial charge in [0.2, 0.25) is 5.91 Å². The normalized spacial score (nSPS) is 10.9. The molecule has 0 radical (unpaired) electrons. The Labute approximate surface area is 137 Å². The van der Waals surface area contributed by atoms with Gasteiger partial charge in [0.15, 0.2) is 0 Å². The highest BCUT2D eigenvalue weighted by atomic mass is 19.1. The second-order valence-corrected chi connectivity index (χ2v) is 6.12. The van der Waals surface area contributed by atoms with Crippen molar-refractivity contribution in [3.63, 3.8) is 0 Å². The van der Waals surface area contributed by atoms with E-state index in [9.17, 15) is 9.18 Å². The number of hydrogen-bond donors (Lipinski definition) is 1. The summed E-state index contributed by atoms with van der Waals surface area (Å²) in [6.45, 7) is 6.80. The van der Waals surface area contributed by atoms with Crippen LogP contribution in [-0.4, -0.2) is 24.4 Å². The molecule has 0 aliphatic heterocycles. The summed E-state index contributed by atoms with van der Waals surface area (Å²) in [6, 6.07) is 10.5. The summed E-state index contributed by atoms with van der Waals surface area (Å²) in [4.78, 5) is 14.1. The number of hydrogen-bond acceptors (Lipinski definition) is 2. The van der Waals surface area contributed by atoms with Crippen LogP contribution >= 0.6 is 0 Å². The molecule has 2 aromatic rings. The summed E-state index contributed by atoms with van der Waals surface area (Å²) >= 11 is 0. The molecule has 0 aliphatic carbocycles. The number of nitrogens with zero attached hydrogens (tertiary/aromatic N) is 1. The molecule has 0 atom stereocenters. The second-order valence-electron chi connectivity index (χ2n) is 6.12. The van der Waals surface area contributed by atoms with Crippen LogP contribution in [0.15, 0.2) is 36.4 Å². The maximum absolute atomic E-state index is 13.2. The molecule has 4 heteroatoms. The molecule has 0 bridgehead atoms. The first-order valence-electron chi connectivity index (χ1n) is 7.66. The molecular weight excluding hydrogens is 291 g/mol. The fourth-order valence-corrected chi connectivity index (χ4v) is 2.80. The van der Waals surface area contributed by atoms with E-state index in [1.165, 1.54) is 17.7 Å². The highest BCUT2D eigenvalue weighted by molar-refractivity contribution is 5.93. The highest BCUT2D eigenvalue weighted by Gasteiger charge is 2.11. The van der Waals surface area contributed by atoms with Crippen LogP contribution in [0.2, 0.25) is 0 Å². The Kier molecular flexibility index (Phi) is 5.50.